The van der Waals surface area contributed by atoms with Gasteiger partial charge in [0.2, 0.25) is 11.8 Å². The lowest BCUT2D eigenvalue weighted by atomic mass is 9.92. The van der Waals surface area contributed by atoms with Gasteiger partial charge in [-0.1, -0.05) is 6.08 Å². The van der Waals surface area contributed by atoms with Crippen LogP contribution < -0.4 is 10.1 Å². The number of benzene rings is 1. The van der Waals surface area contributed by atoms with Gasteiger partial charge >= 0.3 is 0 Å². The van der Waals surface area contributed by atoms with Crippen molar-refractivity contribution in [2.24, 2.45) is 16.8 Å². The summed E-state index contributed by atoms with van der Waals surface area (Å²) >= 11 is 0. The van der Waals surface area contributed by atoms with E-state index in [1.165, 1.54) is 13.0 Å². The van der Waals surface area contributed by atoms with Crippen molar-refractivity contribution in [3.05, 3.63) is 35.9 Å². The van der Waals surface area contributed by atoms with Crippen molar-refractivity contribution in [3.63, 3.8) is 0 Å². The SMILES string of the molecule is C=NC1(NC(=O)C2CC(S(=O)(=O)c3ccc(OC4COC4)cc3C(F)(F)/C=C/C)CC2C(=O)N2CC(F)(F)C2)CC1. The lowest BCUT2D eigenvalue weighted by molar-refractivity contribution is -0.171. The monoisotopic (exact) mass is 601 g/mol. The number of carbonyl (C=O) groups excluding carboxylic acids is 2. The molecule has 2 aliphatic carbocycles. The molecule has 2 heterocycles. The molecule has 2 amide bonds. The molecule has 2 saturated carbocycles. The summed E-state index contributed by atoms with van der Waals surface area (Å²) in [5.74, 6) is -10.5. The standard InChI is InChI=1S/C27H31F4N3O6S/c1-3-6-27(30,31)21-9-16(40-17-12-39-13-17)4-5-22(21)41(37,38)18-10-19(23(35)33-26(32-2)7-8-26)20(11-18)24(36)34-14-25(28,29)15-34/h3-6,9,17-20H,2,7-8,10-15H2,1H3,(H,33,35)/b6-3+. The van der Waals surface area contributed by atoms with Crippen molar-refractivity contribution in [1.82, 2.24) is 10.2 Å². The molecule has 0 radical (unpaired) electrons. The Kier molecular flexibility index (Phi) is 7.46. The number of carbonyl (C=O) groups is 2. The normalized spacial score (nSPS) is 27.1. The van der Waals surface area contributed by atoms with Crippen LogP contribution in [0.5, 0.6) is 5.75 Å². The summed E-state index contributed by atoms with van der Waals surface area (Å²) in [5.41, 5.74) is -1.71. The highest BCUT2D eigenvalue weighted by atomic mass is 32.2. The third-order valence-electron chi connectivity index (χ3n) is 8.05. The van der Waals surface area contributed by atoms with Crippen LogP contribution in [0.25, 0.3) is 0 Å². The number of nitrogens with zero attached hydrogens (tertiary/aromatic N) is 2. The molecule has 1 aromatic rings. The number of hydrogen-bond donors (Lipinski definition) is 1. The molecule has 2 saturated heterocycles. The number of hydrogen-bond acceptors (Lipinski definition) is 7. The van der Waals surface area contributed by atoms with E-state index in [0.29, 0.717) is 18.9 Å². The van der Waals surface area contributed by atoms with Crippen molar-refractivity contribution in [1.29, 1.82) is 0 Å². The number of allylic oxidation sites excluding steroid dienone is 2. The molecular formula is C27H31F4N3O6S. The zero-order chi connectivity index (χ0) is 29.8. The maximum Gasteiger partial charge on any atom is 0.293 e. The van der Waals surface area contributed by atoms with E-state index < -0.39 is 79.8 Å². The van der Waals surface area contributed by atoms with Gasteiger partial charge in [0.1, 0.15) is 17.5 Å². The summed E-state index contributed by atoms with van der Waals surface area (Å²) in [7, 11) is -4.54. The van der Waals surface area contributed by atoms with Gasteiger partial charge in [0.25, 0.3) is 11.8 Å². The highest BCUT2D eigenvalue weighted by Crippen LogP contribution is 2.45. The molecule has 3 atom stereocenters. The lowest BCUT2D eigenvalue weighted by Gasteiger charge is -2.40. The molecule has 0 aromatic heterocycles. The zero-order valence-electron chi connectivity index (χ0n) is 22.3. The number of likely N-dealkylation sites (tertiary alicyclic amines) is 1. The van der Waals surface area contributed by atoms with E-state index >= 15 is 8.78 Å². The molecule has 41 heavy (non-hydrogen) atoms. The predicted octanol–water partition coefficient (Wildman–Crippen LogP) is 3.09. The summed E-state index contributed by atoms with van der Waals surface area (Å²) in [6.45, 7) is 3.70. The molecule has 0 bridgehead atoms. The molecule has 224 valence electrons. The fraction of sp³-hybridized carbons (Fsp3) is 0.593. The maximum absolute atomic E-state index is 15.3. The first kappa shape index (κ1) is 29.5. The van der Waals surface area contributed by atoms with E-state index in [4.69, 9.17) is 9.47 Å². The van der Waals surface area contributed by atoms with Crippen LogP contribution in [0.2, 0.25) is 0 Å². The first-order valence-corrected chi connectivity index (χ1v) is 14.9. The highest BCUT2D eigenvalue weighted by molar-refractivity contribution is 7.92. The summed E-state index contributed by atoms with van der Waals surface area (Å²) < 4.78 is 96.1. The van der Waals surface area contributed by atoms with Gasteiger partial charge in [-0.3, -0.25) is 14.6 Å². The van der Waals surface area contributed by atoms with E-state index in [9.17, 15) is 26.8 Å². The number of rotatable bonds is 10. The summed E-state index contributed by atoms with van der Waals surface area (Å²) in [5, 5.41) is 1.30. The first-order valence-electron chi connectivity index (χ1n) is 13.3. The maximum atomic E-state index is 15.3. The third kappa shape index (κ3) is 5.72. The van der Waals surface area contributed by atoms with Crippen LogP contribution in [0.4, 0.5) is 17.6 Å². The van der Waals surface area contributed by atoms with E-state index in [1.54, 1.807) is 0 Å². The number of nitrogens with one attached hydrogen (secondary N) is 1. The van der Waals surface area contributed by atoms with E-state index in [0.717, 1.165) is 23.1 Å². The molecule has 1 aromatic carbocycles. The van der Waals surface area contributed by atoms with Crippen molar-refractivity contribution in [3.8, 4) is 5.75 Å². The number of alkyl halides is 4. The molecular weight excluding hydrogens is 570 g/mol. The van der Waals surface area contributed by atoms with E-state index in [1.807, 2.05) is 0 Å². The molecule has 14 heteroatoms. The Morgan fingerprint density at radius 3 is 2.39 bits per heavy atom. The minimum Gasteiger partial charge on any atom is -0.486 e. The number of ether oxygens (including phenoxy) is 2. The molecule has 4 fully saturated rings. The molecule has 5 rings (SSSR count). The van der Waals surface area contributed by atoms with E-state index in [2.05, 4.69) is 17.0 Å². The molecule has 2 aliphatic heterocycles. The van der Waals surface area contributed by atoms with Crippen molar-refractivity contribution in [2.45, 2.75) is 66.4 Å². The minimum atomic E-state index is -4.54. The zero-order valence-corrected chi connectivity index (χ0v) is 23.1. The average Bonchev–Trinajstić information content (AvgIpc) is 3.48. The second-order valence-electron chi connectivity index (χ2n) is 11.1. The van der Waals surface area contributed by atoms with Crippen LogP contribution in [0.15, 0.2) is 40.2 Å². The van der Waals surface area contributed by atoms with Crippen molar-refractivity contribution in [2.75, 3.05) is 26.3 Å². The Morgan fingerprint density at radius 2 is 1.85 bits per heavy atom. The Hall–Kier alpha value is -3.00. The molecule has 3 unspecified atom stereocenters. The smallest absolute Gasteiger partial charge is 0.293 e. The molecule has 9 nitrogen and oxygen atoms in total. The van der Waals surface area contributed by atoms with Crippen LogP contribution in [-0.4, -0.2) is 81.1 Å². The van der Waals surface area contributed by atoms with Gasteiger partial charge in [0, 0.05) is 5.56 Å². The number of aliphatic imine (C=N–C) groups is 1. The van der Waals surface area contributed by atoms with Crippen LogP contribution in [0.3, 0.4) is 0 Å². The summed E-state index contributed by atoms with van der Waals surface area (Å²) in [6, 6.07) is 3.29. The second-order valence-corrected chi connectivity index (χ2v) is 13.3. The fourth-order valence-electron chi connectivity index (χ4n) is 5.52. The quantitative estimate of drug-likeness (QED) is 0.251. The lowest BCUT2D eigenvalue weighted by Crippen LogP contribution is -2.60. The summed E-state index contributed by atoms with van der Waals surface area (Å²) in [6.07, 6.45) is 1.59. The van der Waals surface area contributed by atoms with Gasteiger partial charge in [0.05, 0.1) is 48.3 Å². The Balaban J connectivity index is 1.47. The highest BCUT2D eigenvalue weighted by Gasteiger charge is 2.55. The first-order chi connectivity index (χ1) is 19.2. The van der Waals surface area contributed by atoms with Crippen LogP contribution in [0.1, 0.15) is 38.2 Å². The number of halogens is 4. The topological polar surface area (TPSA) is 114 Å². The second kappa shape index (κ2) is 10.4. The van der Waals surface area contributed by atoms with Crippen LogP contribution in [0, 0.1) is 11.8 Å². The van der Waals surface area contributed by atoms with Crippen LogP contribution >= 0.6 is 0 Å². The third-order valence-corrected chi connectivity index (χ3v) is 10.3. The Morgan fingerprint density at radius 1 is 1.20 bits per heavy atom. The van der Waals surface area contributed by atoms with Gasteiger partial charge in [-0.25, -0.2) is 17.2 Å². The Bertz CT molecular complexity index is 1370. The predicted molar refractivity (Wildman–Crippen MR) is 139 cm³/mol. The van der Waals surface area contributed by atoms with Gasteiger partial charge in [-0.2, -0.15) is 8.78 Å². The Labute approximate surface area is 234 Å². The fourth-order valence-corrected chi connectivity index (χ4v) is 7.56. The van der Waals surface area contributed by atoms with Crippen LogP contribution in [-0.2, 0) is 30.1 Å². The number of sulfone groups is 1. The van der Waals surface area contributed by atoms with Gasteiger partial charge in [-0.05, 0) is 63.6 Å². The van der Waals surface area contributed by atoms with Gasteiger partial charge < -0.3 is 19.7 Å². The summed E-state index contributed by atoms with van der Waals surface area (Å²) in [4.78, 5) is 30.6. The molecule has 0 spiro atoms. The average molecular weight is 602 g/mol. The van der Waals surface area contributed by atoms with Gasteiger partial charge in [0.15, 0.2) is 9.84 Å². The van der Waals surface area contributed by atoms with Crippen molar-refractivity contribution < 1.29 is 45.0 Å². The van der Waals surface area contributed by atoms with Crippen molar-refractivity contribution >= 4 is 28.4 Å². The van der Waals surface area contributed by atoms with Gasteiger partial charge in [-0.15, -0.1) is 0 Å². The van der Waals surface area contributed by atoms with E-state index in [-0.39, 0.29) is 37.9 Å². The largest absolute Gasteiger partial charge is 0.486 e. The molecule has 4 aliphatic rings. The molecule has 1 N–H and O–H groups in total. The minimum absolute atomic E-state index is 0.0403. The number of amides is 2.